The first-order chi connectivity index (χ1) is 9.90. The van der Waals surface area contributed by atoms with Crippen LogP contribution in [-0.4, -0.2) is 27.0 Å². The van der Waals surface area contributed by atoms with Crippen LogP contribution in [0.3, 0.4) is 0 Å². The molecule has 0 radical (unpaired) electrons. The van der Waals surface area contributed by atoms with Crippen LogP contribution >= 0.6 is 0 Å². The number of hydrogen-bond donors (Lipinski definition) is 2. The highest BCUT2D eigenvalue weighted by atomic mass is 16.1. The highest BCUT2D eigenvalue weighted by Gasteiger charge is 2.23. The summed E-state index contributed by atoms with van der Waals surface area (Å²) in [6.45, 7) is 7.02. The maximum absolute atomic E-state index is 12.2. The van der Waals surface area contributed by atoms with E-state index >= 15 is 0 Å². The topological polar surface area (TPSA) is 85.3 Å². The van der Waals surface area contributed by atoms with E-state index in [1.165, 1.54) is 0 Å². The number of nitrogens with two attached hydrogens (primary N) is 1. The molecular weight excluding hydrogens is 266 g/mol. The van der Waals surface area contributed by atoms with Gasteiger partial charge in [-0.25, -0.2) is 0 Å². The van der Waals surface area contributed by atoms with Gasteiger partial charge in [0.15, 0.2) is 11.5 Å². The number of fused-ring (bicyclic) bond motifs is 1. The summed E-state index contributed by atoms with van der Waals surface area (Å²) in [6.07, 6.45) is 2.64. The quantitative estimate of drug-likeness (QED) is 0.870. The van der Waals surface area contributed by atoms with Gasteiger partial charge in [-0.1, -0.05) is 26.8 Å². The lowest BCUT2D eigenvalue weighted by Crippen LogP contribution is -2.37. The Hall–Kier alpha value is -1.95. The molecule has 1 amide bonds. The molecule has 2 rings (SSSR count). The van der Waals surface area contributed by atoms with Gasteiger partial charge >= 0.3 is 0 Å². The summed E-state index contributed by atoms with van der Waals surface area (Å²) in [5, 5.41) is 11.1. The lowest BCUT2D eigenvalue weighted by molar-refractivity contribution is -0.125. The highest BCUT2D eigenvalue weighted by molar-refractivity contribution is 5.78. The molecule has 0 spiro atoms. The van der Waals surface area contributed by atoms with E-state index in [9.17, 15) is 4.79 Å². The van der Waals surface area contributed by atoms with Crippen molar-refractivity contribution < 1.29 is 4.79 Å². The van der Waals surface area contributed by atoms with Crippen molar-refractivity contribution in [3.05, 3.63) is 30.2 Å². The van der Waals surface area contributed by atoms with Gasteiger partial charge in [0.2, 0.25) is 5.91 Å². The monoisotopic (exact) mass is 289 g/mol. The number of hydrogen-bond acceptors (Lipinski definition) is 4. The Morgan fingerprint density at radius 2 is 2.14 bits per heavy atom. The largest absolute Gasteiger partial charge is 0.349 e. The third-order valence-electron chi connectivity index (χ3n) is 3.32. The molecule has 0 aliphatic heterocycles. The molecule has 0 aliphatic carbocycles. The molecule has 3 N–H and O–H groups in total. The zero-order valence-corrected chi connectivity index (χ0v) is 12.8. The van der Waals surface area contributed by atoms with Gasteiger partial charge in [0.05, 0.1) is 12.5 Å². The first kappa shape index (κ1) is 15.4. The second-order valence-electron chi connectivity index (χ2n) is 6.46. The van der Waals surface area contributed by atoms with Crippen LogP contribution in [-0.2, 0) is 11.3 Å². The lowest BCUT2D eigenvalue weighted by Gasteiger charge is -2.24. The smallest absolute Gasteiger partial charge is 0.224 e. The van der Waals surface area contributed by atoms with Crippen molar-refractivity contribution in [2.45, 2.75) is 33.7 Å². The number of nitrogens with one attached hydrogen (secondary N) is 1. The molecule has 0 fully saturated rings. The fraction of sp³-hybridized carbons (Fsp3) is 0.533. The van der Waals surface area contributed by atoms with Crippen molar-refractivity contribution in [2.75, 3.05) is 6.54 Å². The van der Waals surface area contributed by atoms with E-state index in [-0.39, 0.29) is 17.2 Å². The number of nitrogens with zero attached hydrogens (tertiary/aromatic N) is 3. The molecule has 114 valence electrons. The Kier molecular flexibility index (Phi) is 4.57. The maximum Gasteiger partial charge on any atom is 0.224 e. The minimum Gasteiger partial charge on any atom is -0.349 e. The number of amides is 1. The van der Waals surface area contributed by atoms with Crippen LogP contribution in [0.5, 0.6) is 0 Å². The molecule has 0 aromatic carbocycles. The van der Waals surface area contributed by atoms with Crippen molar-refractivity contribution in [3.63, 3.8) is 0 Å². The summed E-state index contributed by atoms with van der Waals surface area (Å²) < 4.78 is 1.86. The average molecular weight is 289 g/mol. The molecule has 6 nitrogen and oxygen atoms in total. The predicted molar refractivity (Wildman–Crippen MR) is 81.5 cm³/mol. The first-order valence-electron chi connectivity index (χ1n) is 7.17. The molecule has 1 unspecified atom stereocenters. The van der Waals surface area contributed by atoms with Crippen molar-refractivity contribution in [1.82, 2.24) is 19.9 Å². The molecule has 0 saturated carbocycles. The van der Waals surface area contributed by atoms with Crippen molar-refractivity contribution >= 4 is 11.6 Å². The molecule has 6 heteroatoms. The standard InChI is InChI=1S/C15H23N5O/c1-15(2,3)8-11(9-16)14(21)17-10-13-19-18-12-6-4-5-7-20(12)13/h4-7,11H,8-10,16H2,1-3H3,(H,17,21). The van der Waals surface area contributed by atoms with Gasteiger partial charge in [0, 0.05) is 12.7 Å². The third kappa shape index (κ3) is 4.01. The van der Waals surface area contributed by atoms with Gasteiger partial charge in [-0.05, 0) is 24.0 Å². The molecule has 1 atom stereocenters. The van der Waals surface area contributed by atoms with E-state index in [4.69, 9.17) is 5.73 Å². The van der Waals surface area contributed by atoms with Crippen LogP contribution in [0, 0.1) is 11.3 Å². The summed E-state index contributed by atoms with van der Waals surface area (Å²) in [5.74, 6) is 0.509. The third-order valence-corrected chi connectivity index (χ3v) is 3.32. The van der Waals surface area contributed by atoms with Crippen LogP contribution in [0.1, 0.15) is 33.0 Å². The van der Waals surface area contributed by atoms with E-state index in [1.807, 2.05) is 28.8 Å². The summed E-state index contributed by atoms with van der Waals surface area (Å²) in [7, 11) is 0. The summed E-state index contributed by atoms with van der Waals surface area (Å²) in [5.41, 5.74) is 6.57. The van der Waals surface area contributed by atoms with Crippen LogP contribution in [0.15, 0.2) is 24.4 Å². The molecule has 21 heavy (non-hydrogen) atoms. The molecule has 0 saturated heterocycles. The normalized spacial score (nSPS) is 13.3. The van der Waals surface area contributed by atoms with Crippen molar-refractivity contribution in [1.29, 1.82) is 0 Å². The number of carbonyl (C=O) groups is 1. The van der Waals surface area contributed by atoms with Crippen LogP contribution in [0.4, 0.5) is 0 Å². The van der Waals surface area contributed by atoms with Gasteiger partial charge in [0.25, 0.3) is 0 Å². The van der Waals surface area contributed by atoms with Crippen LogP contribution in [0.25, 0.3) is 5.65 Å². The van der Waals surface area contributed by atoms with Crippen LogP contribution < -0.4 is 11.1 Å². The molecule has 0 bridgehead atoms. The lowest BCUT2D eigenvalue weighted by atomic mass is 9.84. The Bertz CT molecular complexity index is 614. The summed E-state index contributed by atoms with van der Waals surface area (Å²) in [4.78, 5) is 12.2. The van der Waals surface area contributed by atoms with E-state index < -0.39 is 0 Å². The Balaban J connectivity index is 2.00. The van der Waals surface area contributed by atoms with Gasteiger partial charge in [-0.2, -0.15) is 0 Å². The molecule has 2 heterocycles. The molecular formula is C15H23N5O. The molecule has 2 aromatic heterocycles. The van der Waals surface area contributed by atoms with E-state index in [1.54, 1.807) is 0 Å². The Morgan fingerprint density at radius 3 is 2.81 bits per heavy atom. The second kappa shape index (κ2) is 6.22. The Morgan fingerprint density at radius 1 is 1.38 bits per heavy atom. The fourth-order valence-corrected chi connectivity index (χ4v) is 2.34. The Labute approximate surface area is 124 Å². The zero-order chi connectivity index (χ0) is 15.5. The van der Waals surface area contributed by atoms with E-state index in [0.29, 0.717) is 18.9 Å². The molecule has 0 aliphatic rings. The molecule has 2 aromatic rings. The fourth-order valence-electron chi connectivity index (χ4n) is 2.34. The predicted octanol–water partition coefficient (Wildman–Crippen LogP) is 1.36. The number of aromatic nitrogens is 3. The summed E-state index contributed by atoms with van der Waals surface area (Å²) in [6, 6.07) is 5.69. The van der Waals surface area contributed by atoms with Crippen LogP contribution in [0.2, 0.25) is 0 Å². The number of pyridine rings is 1. The minimum atomic E-state index is -0.177. The van der Waals surface area contributed by atoms with E-state index in [0.717, 1.165) is 12.1 Å². The zero-order valence-electron chi connectivity index (χ0n) is 12.8. The number of carbonyl (C=O) groups excluding carboxylic acids is 1. The maximum atomic E-state index is 12.2. The van der Waals surface area contributed by atoms with Gasteiger partial charge in [0.1, 0.15) is 0 Å². The highest BCUT2D eigenvalue weighted by Crippen LogP contribution is 2.24. The average Bonchev–Trinajstić information content (AvgIpc) is 2.84. The van der Waals surface area contributed by atoms with Gasteiger partial charge in [-0.15, -0.1) is 10.2 Å². The van der Waals surface area contributed by atoms with Gasteiger partial charge in [-0.3, -0.25) is 9.20 Å². The van der Waals surface area contributed by atoms with Crippen molar-refractivity contribution in [3.8, 4) is 0 Å². The first-order valence-corrected chi connectivity index (χ1v) is 7.17. The summed E-state index contributed by atoms with van der Waals surface area (Å²) >= 11 is 0. The van der Waals surface area contributed by atoms with E-state index in [2.05, 4.69) is 36.3 Å². The van der Waals surface area contributed by atoms with Gasteiger partial charge < -0.3 is 11.1 Å². The minimum absolute atomic E-state index is 0.0277. The second-order valence-corrected chi connectivity index (χ2v) is 6.46. The van der Waals surface area contributed by atoms with Crippen molar-refractivity contribution in [2.24, 2.45) is 17.1 Å². The number of rotatable bonds is 5. The SMILES string of the molecule is CC(C)(C)CC(CN)C(=O)NCc1nnc2ccccn12.